The highest BCUT2D eigenvalue weighted by atomic mass is 35.5. The molecule has 0 heterocycles. The van der Waals surface area contributed by atoms with Gasteiger partial charge in [-0.15, -0.1) is 0 Å². The Morgan fingerprint density at radius 1 is 1.16 bits per heavy atom. The number of Topliss-reactive ketones (excluding diaryl/α,β-unsaturated/α-hetero) is 1. The maximum absolute atomic E-state index is 12.8. The number of ether oxygens (including phenoxy) is 1. The van der Waals surface area contributed by atoms with Gasteiger partial charge in [0.1, 0.15) is 0 Å². The number of halogens is 2. The molecule has 1 aliphatic carbocycles. The SMILES string of the molecule is CCOC(=O)c1ccc2c(c1)CCC(=Cc1ccc(Cl)cc1Cl)C2=O. The first kappa shape index (κ1) is 17.7. The smallest absolute Gasteiger partial charge is 0.338 e. The number of fused-ring (bicyclic) bond motifs is 1. The molecule has 0 N–H and O–H groups in total. The van der Waals surface area contributed by atoms with Crippen LogP contribution in [0.15, 0.2) is 42.0 Å². The summed E-state index contributed by atoms with van der Waals surface area (Å²) in [6, 6.07) is 10.3. The van der Waals surface area contributed by atoms with Crippen LogP contribution in [-0.2, 0) is 11.2 Å². The number of carbonyl (C=O) groups is 2. The lowest BCUT2D eigenvalue weighted by atomic mass is 9.85. The summed E-state index contributed by atoms with van der Waals surface area (Å²) in [6.45, 7) is 2.09. The van der Waals surface area contributed by atoms with Crippen LogP contribution >= 0.6 is 23.2 Å². The fourth-order valence-electron chi connectivity index (χ4n) is 2.86. The third-order valence-electron chi connectivity index (χ3n) is 4.11. The maximum Gasteiger partial charge on any atom is 0.338 e. The molecule has 3 nitrogen and oxygen atoms in total. The predicted molar refractivity (Wildman–Crippen MR) is 99.5 cm³/mol. The van der Waals surface area contributed by atoms with E-state index >= 15 is 0 Å². The highest BCUT2D eigenvalue weighted by Crippen LogP contribution is 2.30. The van der Waals surface area contributed by atoms with E-state index in [0.717, 1.165) is 11.1 Å². The average Bonchev–Trinajstić information content (AvgIpc) is 2.59. The Morgan fingerprint density at radius 3 is 2.68 bits per heavy atom. The number of rotatable bonds is 3. The molecular formula is C20H16Cl2O3. The van der Waals surface area contributed by atoms with Crippen molar-refractivity contribution in [3.05, 3.63) is 74.3 Å². The van der Waals surface area contributed by atoms with Crippen LogP contribution in [0.4, 0.5) is 0 Å². The zero-order valence-corrected chi connectivity index (χ0v) is 15.2. The van der Waals surface area contributed by atoms with Gasteiger partial charge in [-0.2, -0.15) is 0 Å². The Kier molecular flexibility index (Phi) is 5.26. The minimum atomic E-state index is -0.368. The van der Waals surface area contributed by atoms with E-state index in [1.165, 1.54) is 0 Å². The van der Waals surface area contributed by atoms with Crippen LogP contribution in [0.3, 0.4) is 0 Å². The molecule has 0 amide bonds. The van der Waals surface area contributed by atoms with Gasteiger partial charge in [0, 0.05) is 21.2 Å². The molecule has 2 aromatic rings. The second kappa shape index (κ2) is 7.42. The van der Waals surface area contributed by atoms with Crippen molar-refractivity contribution in [2.75, 3.05) is 6.61 Å². The zero-order valence-electron chi connectivity index (χ0n) is 13.6. The van der Waals surface area contributed by atoms with Crippen molar-refractivity contribution >= 4 is 41.0 Å². The first-order chi connectivity index (χ1) is 12.0. The molecule has 0 bridgehead atoms. The molecule has 0 fully saturated rings. The van der Waals surface area contributed by atoms with Gasteiger partial charge < -0.3 is 4.74 Å². The van der Waals surface area contributed by atoms with Crippen molar-refractivity contribution in [2.45, 2.75) is 19.8 Å². The Bertz CT molecular complexity index is 885. The molecule has 1 aliphatic rings. The summed E-state index contributed by atoms with van der Waals surface area (Å²) < 4.78 is 5.01. The minimum Gasteiger partial charge on any atom is -0.462 e. The minimum absolute atomic E-state index is 0.0392. The van der Waals surface area contributed by atoms with Crippen LogP contribution in [0.1, 0.15) is 45.2 Å². The van der Waals surface area contributed by atoms with Crippen molar-refractivity contribution in [1.29, 1.82) is 0 Å². The Labute approximate surface area is 156 Å². The molecule has 0 radical (unpaired) electrons. The largest absolute Gasteiger partial charge is 0.462 e. The van der Waals surface area contributed by atoms with Gasteiger partial charge in [0.25, 0.3) is 0 Å². The Hall–Kier alpha value is -2.10. The number of benzene rings is 2. The van der Waals surface area contributed by atoms with Gasteiger partial charge in [-0.3, -0.25) is 4.79 Å². The van der Waals surface area contributed by atoms with E-state index in [1.807, 2.05) is 6.08 Å². The van der Waals surface area contributed by atoms with Gasteiger partial charge in [0.15, 0.2) is 5.78 Å². The molecule has 3 rings (SSSR count). The lowest BCUT2D eigenvalue weighted by Crippen LogP contribution is -2.15. The molecule has 0 saturated heterocycles. The van der Waals surface area contributed by atoms with Crippen molar-refractivity contribution in [3.8, 4) is 0 Å². The third-order valence-corrected chi connectivity index (χ3v) is 4.67. The second-order valence-electron chi connectivity index (χ2n) is 5.76. The topological polar surface area (TPSA) is 43.4 Å². The summed E-state index contributed by atoms with van der Waals surface area (Å²) in [5, 5.41) is 1.07. The first-order valence-corrected chi connectivity index (χ1v) is 8.75. The molecule has 0 saturated carbocycles. The quantitative estimate of drug-likeness (QED) is 0.534. The van der Waals surface area contributed by atoms with Crippen molar-refractivity contribution < 1.29 is 14.3 Å². The first-order valence-electron chi connectivity index (χ1n) is 8.00. The van der Waals surface area contributed by atoms with Crippen LogP contribution < -0.4 is 0 Å². The summed E-state index contributed by atoms with van der Waals surface area (Å²) >= 11 is 12.1. The average molecular weight is 375 g/mol. The maximum atomic E-state index is 12.8. The van der Waals surface area contributed by atoms with Gasteiger partial charge in [-0.1, -0.05) is 29.3 Å². The summed E-state index contributed by atoms with van der Waals surface area (Å²) in [4.78, 5) is 24.6. The van der Waals surface area contributed by atoms with Crippen molar-refractivity contribution in [1.82, 2.24) is 0 Å². The van der Waals surface area contributed by atoms with Crippen LogP contribution in [-0.4, -0.2) is 18.4 Å². The predicted octanol–water partition coefficient (Wildman–Crippen LogP) is 5.38. The molecule has 0 spiro atoms. The summed E-state index contributed by atoms with van der Waals surface area (Å²) in [7, 11) is 0. The Balaban J connectivity index is 1.91. The van der Waals surface area contributed by atoms with Crippen molar-refractivity contribution in [2.24, 2.45) is 0 Å². The molecular weight excluding hydrogens is 359 g/mol. The second-order valence-corrected chi connectivity index (χ2v) is 6.60. The molecule has 0 atom stereocenters. The van der Waals surface area contributed by atoms with E-state index in [-0.39, 0.29) is 11.8 Å². The summed E-state index contributed by atoms with van der Waals surface area (Å²) in [6.07, 6.45) is 3.09. The van der Waals surface area contributed by atoms with Crippen LogP contribution in [0.25, 0.3) is 6.08 Å². The van der Waals surface area contributed by atoms with E-state index in [4.69, 9.17) is 27.9 Å². The Morgan fingerprint density at radius 2 is 1.96 bits per heavy atom. The molecule has 128 valence electrons. The fraction of sp³-hybridized carbons (Fsp3) is 0.200. The highest BCUT2D eigenvalue weighted by molar-refractivity contribution is 6.35. The van der Waals surface area contributed by atoms with Gasteiger partial charge in [-0.25, -0.2) is 4.79 Å². The lowest BCUT2D eigenvalue weighted by molar-refractivity contribution is 0.0526. The van der Waals surface area contributed by atoms with Crippen LogP contribution in [0.5, 0.6) is 0 Å². The van der Waals surface area contributed by atoms with E-state index < -0.39 is 0 Å². The number of aryl methyl sites for hydroxylation is 1. The molecule has 0 unspecified atom stereocenters. The number of carbonyl (C=O) groups excluding carboxylic acids is 2. The van der Waals surface area contributed by atoms with E-state index in [1.54, 1.807) is 43.3 Å². The highest BCUT2D eigenvalue weighted by Gasteiger charge is 2.23. The molecule has 2 aromatic carbocycles. The van der Waals surface area contributed by atoms with E-state index in [2.05, 4.69) is 0 Å². The standard InChI is InChI=1S/C20H16Cl2O3/c1-2-25-20(24)15-6-8-17-12(9-15)3-4-14(19(17)23)10-13-5-7-16(21)11-18(13)22/h5-11H,2-4H2,1H3. The number of hydrogen-bond donors (Lipinski definition) is 0. The van der Waals surface area contributed by atoms with Crippen LogP contribution in [0.2, 0.25) is 10.0 Å². The van der Waals surface area contributed by atoms with E-state index in [9.17, 15) is 9.59 Å². The normalized spacial score (nSPS) is 15.2. The molecule has 5 heteroatoms. The van der Waals surface area contributed by atoms with Gasteiger partial charge in [0.2, 0.25) is 0 Å². The number of allylic oxidation sites excluding steroid dienone is 1. The number of ketones is 1. The van der Waals surface area contributed by atoms with Gasteiger partial charge >= 0.3 is 5.97 Å². The van der Waals surface area contributed by atoms with Gasteiger partial charge in [-0.05, 0) is 67.3 Å². The fourth-order valence-corrected chi connectivity index (χ4v) is 3.33. The summed E-state index contributed by atoms with van der Waals surface area (Å²) in [5.41, 5.74) is 3.42. The molecule has 25 heavy (non-hydrogen) atoms. The third kappa shape index (κ3) is 3.78. The molecule has 0 aliphatic heterocycles. The zero-order chi connectivity index (χ0) is 18.0. The van der Waals surface area contributed by atoms with Gasteiger partial charge in [0.05, 0.1) is 12.2 Å². The number of hydrogen-bond acceptors (Lipinski definition) is 3. The monoisotopic (exact) mass is 374 g/mol. The number of esters is 1. The van der Waals surface area contributed by atoms with Crippen molar-refractivity contribution in [3.63, 3.8) is 0 Å². The summed E-state index contributed by atoms with van der Waals surface area (Å²) in [5.74, 6) is -0.408. The van der Waals surface area contributed by atoms with Crippen LogP contribution in [0, 0.1) is 0 Å². The lowest BCUT2D eigenvalue weighted by Gasteiger charge is -2.18. The van der Waals surface area contributed by atoms with E-state index in [0.29, 0.717) is 46.2 Å². The molecule has 0 aromatic heterocycles.